The molecule has 1 amide bonds. The third-order valence-electron chi connectivity index (χ3n) is 6.18. The lowest BCUT2D eigenvalue weighted by Crippen LogP contribution is -2.48. The second-order valence-electron chi connectivity index (χ2n) is 8.08. The van der Waals surface area contributed by atoms with Gasteiger partial charge in [0.25, 0.3) is 5.91 Å². The molecule has 0 bridgehead atoms. The third-order valence-corrected chi connectivity index (χ3v) is 6.18. The Kier molecular flexibility index (Phi) is 5.30. The minimum atomic E-state index is -2.13. The van der Waals surface area contributed by atoms with Crippen molar-refractivity contribution in [3.63, 3.8) is 0 Å². The van der Waals surface area contributed by atoms with Gasteiger partial charge in [-0.3, -0.25) is 14.4 Å². The van der Waals surface area contributed by atoms with Crippen molar-refractivity contribution in [2.45, 2.75) is 25.2 Å². The van der Waals surface area contributed by atoms with Gasteiger partial charge in [0.2, 0.25) is 0 Å². The molecule has 168 valence electrons. The number of hydrogen-bond acceptors (Lipinski definition) is 7. The molecule has 0 saturated carbocycles. The highest BCUT2D eigenvalue weighted by molar-refractivity contribution is 6.13. The number of likely N-dealkylation sites (N-methyl/N-ethyl adjacent to an activating group) is 1. The summed E-state index contributed by atoms with van der Waals surface area (Å²) in [5, 5.41) is 11.2. The first kappa shape index (κ1) is 22.0. The van der Waals surface area contributed by atoms with E-state index in [-0.39, 0.29) is 12.2 Å². The first-order chi connectivity index (χ1) is 15.2. The first-order valence-corrected chi connectivity index (χ1v) is 10.3. The van der Waals surface area contributed by atoms with E-state index in [0.717, 1.165) is 0 Å². The van der Waals surface area contributed by atoms with Gasteiger partial charge >= 0.3 is 5.97 Å². The number of ether oxygens (including phenoxy) is 3. The van der Waals surface area contributed by atoms with E-state index in [9.17, 15) is 19.5 Å². The molecule has 0 radical (unpaired) electrons. The Balaban J connectivity index is 1.96. The molecular weight excluding hydrogens is 414 g/mol. The zero-order valence-electron chi connectivity index (χ0n) is 18.3. The quantitative estimate of drug-likeness (QED) is 0.563. The van der Waals surface area contributed by atoms with Crippen LogP contribution in [-0.4, -0.2) is 49.3 Å². The predicted molar refractivity (Wildman–Crippen MR) is 114 cm³/mol. The Hall–Kier alpha value is -3.23. The average Bonchev–Trinajstić information content (AvgIpc) is 3.16. The van der Waals surface area contributed by atoms with Gasteiger partial charge in [-0.05, 0) is 32.0 Å². The molecule has 0 unspecified atom stereocenters. The lowest BCUT2D eigenvalue weighted by atomic mass is 9.71. The fourth-order valence-corrected chi connectivity index (χ4v) is 4.83. The van der Waals surface area contributed by atoms with Crippen molar-refractivity contribution in [3.05, 3.63) is 59.7 Å². The van der Waals surface area contributed by atoms with Crippen LogP contribution in [0.3, 0.4) is 0 Å². The van der Waals surface area contributed by atoms with Gasteiger partial charge in [-0.2, -0.15) is 0 Å². The van der Waals surface area contributed by atoms with Crippen molar-refractivity contribution in [2.24, 2.45) is 11.8 Å². The Morgan fingerprint density at radius 2 is 1.88 bits per heavy atom. The summed E-state index contributed by atoms with van der Waals surface area (Å²) in [7, 11) is 3.04. The van der Waals surface area contributed by atoms with E-state index in [4.69, 9.17) is 14.2 Å². The zero-order chi connectivity index (χ0) is 23.3. The van der Waals surface area contributed by atoms with E-state index in [0.29, 0.717) is 17.0 Å². The zero-order valence-corrected chi connectivity index (χ0v) is 18.3. The van der Waals surface area contributed by atoms with Crippen LogP contribution in [0, 0.1) is 11.8 Å². The SMILES string of the molecule is CCOC(=O)[C@H]1[C@H](C(=O)c2cccc(OC)c2)[C@]2(O[C@@]1(C)O)C(=O)N(C)c1ccccc12. The Morgan fingerprint density at radius 1 is 1.16 bits per heavy atom. The second kappa shape index (κ2) is 7.72. The number of para-hydroxylation sites is 1. The minimum Gasteiger partial charge on any atom is -0.497 e. The number of anilines is 1. The number of carbonyl (C=O) groups excluding carboxylic acids is 3. The van der Waals surface area contributed by atoms with Gasteiger partial charge in [0.15, 0.2) is 17.2 Å². The normalized spacial score (nSPS) is 28.7. The van der Waals surface area contributed by atoms with Crippen molar-refractivity contribution in [3.8, 4) is 5.75 Å². The molecule has 1 fully saturated rings. The summed E-state index contributed by atoms with van der Waals surface area (Å²) >= 11 is 0. The van der Waals surface area contributed by atoms with Gasteiger partial charge in [0.05, 0.1) is 25.3 Å². The van der Waals surface area contributed by atoms with Crippen molar-refractivity contribution in [1.29, 1.82) is 0 Å². The number of methoxy groups -OCH3 is 1. The number of fused-ring (bicyclic) bond motifs is 2. The highest BCUT2D eigenvalue weighted by Gasteiger charge is 2.72. The number of esters is 1. The molecule has 0 aliphatic carbocycles. The monoisotopic (exact) mass is 439 g/mol. The van der Waals surface area contributed by atoms with E-state index in [1.54, 1.807) is 56.4 Å². The average molecular weight is 439 g/mol. The molecule has 2 aliphatic heterocycles. The topological polar surface area (TPSA) is 102 Å². The van der Waals surface area contributed by atoms with Crippen LogP contribution in [0.25, 0.3) is 0 Å². The lowest BCUT2D eigenvalue weighted by Gasteiger charge is -2.29. The third kappa shape index (κ3) is 3.02. The Morgan fingerprint density at radius 3 is 2.56 bits per heavy atom. The maximum absolute atomic E-state index is 13.9. The van der Waals surface area contributed by atoms with Crippen LogP contribution in [0.4, 0.5) is 5.69 Å². The van der Waals surface area contributed by atoms with Crippen LogP contribution in [-0.2, 0) is 24.7 Å². The van der Waals surface area contributed by atoms with E-state index in [1.807, 2.05) is 0 Å². The van der Waals surface area contributed by atoms with Crippen molar-refractivity contribution in [2.75, 3.05) is 25.7 Å². The molecule has 4 atom stereocenters. The van der Waals surface area contributed by atoms with E-state index in [2.05, 4.69) is 0 Å². The number of Topliss-reactive ketones (excluding diaryl/α,β-unsaturated/α-hetero) is 1. The number of rotatable bonds is 5. The smallest absolute Gasteiger partial charge is 0.315 e. The van der Waals surface area contributed by atoms with E-state index < -0.39 is 40.9 Å². The van der Waals surface area contributed by atoms with Crippen LogP contribution in [0.5, 0.6) is 5.75 Å². The molecule has 2 aromatic carbocycles. The van der Waals surface area contributed by atoms with Crippen molar-refractivity contribution in [1.82, 2.24) is 0 Å². The van der Waals surface area contributed by atoms with Crippen molar-refractivity contribution >= 4 is 23.3 Å². The molecule has 1 saturated heterocycles. The molecule has 0 aromatic heterocycles. The minimum absolute atomic E-state index is 0.0446. The van der Waals surface area contributed by atoms with Gasteiger partial charge in [-0.15, -0.1) is 0 Å². The summed E-state index contributed by atoms with van der Waals surface area (Å²) in [4.78, 5) is 41.9. The second-order valence-corrected chi connectivity index (χ2v) is 8.08. The van der Waals surface area contributed by atoms with Crippen LogP contribution >= 0.6 is 0 Å². The van der Waals surface area contributed by atoms with Crippen LogP contribution in [0.2, 0.25) is 0 Å². The number of ketones is 1. The number of carbonyl (C=O) groups is 3. The first-order valence-electron chi connectivity index (χ1n) is 10.3. The van der Waals surface area contributed by atoms with Gasteiger partial charge in [-0.1, -0.05) is 30.3 Å². The molecule has 8 nitrogen and oxygen atoms in total. The van der Waals surface area contributed by atoms with Crippen molar-refractivity contribution < 1.29 is 33.7 Å². The molecule has 4 rings (SSSR count). The Labute approximate surface area is 185 Å². The number of benzene rings is 2. The highest BCUT2D eigenvalue weighted by Crippen LogP contribution is 2.58. The van der Waals surface area contributed by atoms with E-state index >= 15 is 0 Å². The largest absolute Gasteiger partial charge is 0.497 e. The summed E-state index contributed by atoms with van der Waals surface area (Å²) in [6.07, 6.45) is 0. The predicted octanol–water partition coefficient (Wildman–Crippen LogP) is 2.28. The lowest BCUT2D eigenvalue weighted by molar-refractivity contribution is -0.229. The van der Waals surface area contributed by atoms with Gasteiger partial charge < -0.3 is 24.2 Å². The van der Waals surface area contributed by atoms with Crippen LogP contribution < -0.4 is 9.64 Å². The van der Waals surface area contributed by atoms with Gasteiger partial charge in [-0.25, -0.2) is 0 Å². The number of nitrogens with zero attached hydrogens (tertiary/aromatic N) is 1. The van der Waals surface area contributed by atoms with Gasteiger partial charge in [0.1, 0.15) is 11.7 Å². The number of amides is 1. The van der Waals surface area contributed by atoms with E-state index in [1.165, 1.54) is 25.0 Å². The molecular formula is C24H25NO7. The molecule has 2 aliphatic rings. The maximum Gasteiger partial charge on any atom is 0.315 e. The number of aliphatic hydroxyl groups is 1. The molecule has 1 spiro atoms. The Bertz CT molecular complexity index is 1100. The molecule has 2 aromatic rings. The molecule has 8 heteroatoms. The molecule has 32 heavy (non-hydrogen) atoms. The molecule has 1 N–H and O–H groups in total. The summed E-state index contributed by atoms with van der Waals surface area (Å²) < 4.78 is 16.4. The highest BCUT2D eigenvalue weighted by atomic mass is 16.7. The number of hydrogen-bond donors (Lipinski definition) is 1. The summed E-state index contributed by atoms with van der Waals surface area (Å²) in [6.45, 7) is 2.95. The fraction of sp³-hybridized carbons (Fsp3) is 0.375. The van der Waals surface area contributed by atoms with Crippen LogP contribution in [0.15, 0.2) is 48.5 Å². The fourth-order valence-electron chi connectivity index (χ4n) is 4.83. The standard InChI is InChI=1S/C24H25NO7/c1-5-31-21(27)19-18(20(26)14-9-8-10-15(13-14)30-4)24(32-23(19,2)29)16-11-6-7-12-17(16)25(3)22(24)28/h6-13,18-19,29H,5H2,1-4H3/t18-,19-,23-,24+/m1/s1. The van der Waals surface area contributed by atoms with Crippen LogP contribution in [0.1, 0.15) is 29.8 Å². The maximum atomic E-state index is 13.9. The molecule has 2 heterocycles. The summed E-state index contributed by atoms with van der Waals surface area (Å²) in [5.41, 5.74) is -0.696. The summed E-state index contributed by atoms with van der Waals surface area (Å²) in [5.74, 6) is -6.34. The summed E-state index contributed by atoms with van der Waals surface area (Å²) in [6, 6.07) is 13.3. The van der Waals surface area contributed by atoms with Gasteiger partial charge in [0, 0.05) is 18.2 Å².